The fourth-order valence-corrected chi connectivity index (χ4v) is 19.0. The van der Waals surface area contributed by atoms with Crippen LogP contribution >= 0.6 is 11.3 Å². The summed E-state index contributed by atoms with van der Waals surface area (Å²) in [5, 5.41) is 21.6. The fraction of sp³-hybridized carbons (Fsp3) is 0.0427. The molecule has 19 aromatic rings. The predicted molar refractivity (Wildman–Crippen MR) is 528 cm³/mol. The largest absolute Gasteiger partial charge is 0.456 e. The monoisotopic (exact) mass is 1570 g/mol. The van der Waals surface area contributed by atoms with Crippen molar-refractivity contribution >= 4 is 158 Å². The summed E-state index contributed by atoms with van der Waals surface area (Å²) < 4.78 is 9.10. The number of para-hydroxylation sites is 2. The number of anilines is 2. The van der Waals surface area contributed by atoms with Crippen molar-refractivity contribution in [3.8, 4) is 33.4 Å². The Kier molecular flexibility index (Phi) is 20.7. The first kappa shape index (κ1) is 76.1. The fourth-order valence-electron chi connectivity index (χ4n) is 17.8. The van der Waals surface area contributed by atoms with Crippen molar-refractivity contribution in [3.05, 3.63) is 478 Å². The van der Waals surface area contributed by atoms with E-state index in [0.717, 1.165) is 117 Å². The van der Waals surface area contributed by atoms with Crippen LogP contribution in [0.4, 0.5) is 11.4 Å². The first-order chi connectivity index (χ1) is 59.4. The first-order valence-corrected chi connectivity index (χ1v) is 42.2. The minimum atomic E-state index is -0.389. The molecule has 0 bridgehead atoms. The minimum Gasteiger partial charge on any atom is -0.456 e. The second-order valence-corrected chi connectivity index (χ2v) is 32.8. The highest BCUT2D eigenvalue weighted by molar-refractivity contribution is 7.26. The molecule has 0 fully saturated rings. The van der Waals surface area contributed by atoms with Gasteiger partial charge in [-0.25, -0.2) is 0 Å². The number of hydrogen-bond donors (Lipinski definition) is 0. The molecule has 0 aliphatic carbocycles. The summed E-state index contributed by atoms with van der Waals surface area (Å²) in [5.74, 6) is -0.0126. The number of furan rings is 1. The van der Waals surface area contributed by atoms with Crippen molar-refractivity contribution in [2.45, 2.75) is 31.6 Å². The van der Waals surface area contributed by atoms with Crippen LogP contribution in [0.2, 0.25) is 0 Å². The lowest BCUT2D eigenvalue weighted by Crippen LogP contribution is -2.20. The van der Waals surface area contributed by atoms with E-state index in [2.05, 4.69) is 426 Å². The molecule has 0 saturated carbocycles. The van der Waals surface area contributed by atoms with Gasteiger partial charge in [0.1, 0.15) is 11.2 Å². The van der Waals surface area contributed by atoms with Crippen LogP contribution in [0.15, 0.2) is 455 Å². The Hall–Kier alpha value is -14.9. The molecule has 0 saturated heterocycles. The maximum Gasteiger partial charge on any atom is 0.139 e. The molecule has 0 aliphatic rings. The second-order valence-electron chi connectivity index (χ2n) is 31.7. The molecule has 0 radical (unpaired) electrons. The van der Waals surface area contributed by atoms with Gasteiger partial charge >= 0.3 is 0 Å². The van der Waals surface area contributed by atoms with E-state index in [9.17, 15) is 0 Å². The van der Waals surface area contributed by atoms with Gasteiger partial charge in [0.2, 0.25) is 0 Å². The van der Waals surface area contributed by atoms with Gasteiger partial charge in [-0.2, -0.15) is 0 Å². The molecule has 4 heteroatoms. The van der Waals surface area contributed by atoms with E-state index in [1.54, 1.807) is 0 Å². The molecular formula is C117H88N2OS. The van der Waals surface area contributed by atoms with Gasteiger partial charge in [0, 0.05) is 82.5 Å². The maximum atomic E-state index is 6.56. The van der Waals surface area contributed by atoms with Crippen LogP contribution in [0.3, 0.4) is 0 Å². The number of hydrogen-bond acceptors (Lipinski definition) is 4. The van der Waals surface area contributed by atoms with Gasteiger partial charge in [0.25, 0.3) is 0 Å². The molecule has 1 unspecified atom stereocenters. The van der Waals surface area contributed by atoms with Gasteiger partial charge in [-0.15, -0.1) is 17.9 Å². The van der Waals surface area contributed by atoms with Crippen molar-refractivity contribution in [3.63, 3.8) is 0 Å². The maximum absolute atomic E-state index is 6.56. The average Bonchev–Trinajstić information content (AvgIpc) is 1.71. The van der Waals surface area contributed by atoms with E-state index in [1.165, 1.54) is 90.4 Å². The molecule has 1 atom stereocenters. The van der Waals surface area contributed by atoms with Crippen LogP contribution in [-0.4, -0.2) is 0 Å². The first-order valence-electron chi connectivity index (χ1n) is 41.4. The predicted octanol–water partition coefficient (Wildman–Crippen LogP) is 33.3. The number of benzene rings is 17. The zero-order valence-corrected chi connectivity index (χ0v) is 68.7. The van der Waals surface area contributed by atoms with Gasteiger partial charge in [-0.05, 0) is 241 Å². The summed E-state index contributed by atoms with van der Waals surface area (Å²) >= 11 is 1.83. The molecule has 0 N–H and O–H groups in total. The Morgan fingerprint density at radius 1 is 0.405 bits per heavy atom. The topological polar surface area (TPSA) is 19.6 Å². The van der Waals surface area contributed by atoms with Crippen molar-refractivity contribution in [1.82, 2.24) is 0 Å². The SMILES string of the molecule is C=C/C=C\c1cc2cc(-c3cc4ccccc4c4cc(-c5cccc(N(/C=C/CC(C=C)c6cccc7c6oc6ccccc67)C(=C)/C=C\C=C\c6cc7ccccc7c7ccccc67)c5)ccc34)ccc2cc1-c1cccc(N(C(=C)/C=C\C(C)(C)c2cc3ccccc3c3ccccc23)/C(C=C)=C/C=C/c2cccc3c2sc2ccccc23)c1. The van der Waals surface area contributed by atoms with Crippen molar-refractivity contribution < 1.29 is 4.42 Å². The van der Waals surface area contributed by atoms with Crippen LogP contribution in [0.5, 0.6) is 0 Å². The summed E-state index contributed by atoms with van der Waals surface area (Å²) in [6.07, 6.45) is 34.6. The Bertz CT molecular complexity index is 7660. The summed E-state index contributed by atoms with van der Waals surface area (Å²) in [5.41, 5.74) is 18.2. The zero-order chi connectivity index (χ0) is 82.1. The lowest BCUT2D eigenvalue weighted by Gasteiger charge is -2.29. The zero-order valence-electron chi connectivity index (χ0n) is 67.9. The molecule has 0 spiro atoms. The quantitative estimate of drug-likeness (QED) is 0.0341. The number of fused-ring (bicyclic) bond motifs is 16. The molecule has 0 amide bonds. The smallest absolute Gasteiger partial charge is 0.139 e. The molecule has 2 aromatic heterocycles. The van der Waals surface area contributed by atoms with E-state index >= 15 is 0 Å². The van der Waals surface area contributed by atoms with Gasteiger partial charge < -0.3 is 14.2 Å². The lowest BCUT2D eigenvalue weighted by molar-refractivity contribution is 0.657. The normalized spacial score (nSPS) is 12.7. The summed E-state index contributed by atoms with van der Waals surface area (Å²) in [7, 11) is 0. The standard InChI is InChI=1S/C117H88N2OS/c1-8-11-35-87-70-92-71-91(63-62-84(92)74-109(87)88-43-30-47-95(73-88)119(93(10-3)45-28-40-81-41-31-59-108-106-56-25-27-61-114(106)121-116(81)108)79(5)66-67-117(6,7)112-77-90-39-16-18-49-98(90)102-53-22-23-54-104(102)112)110-76-89-38-15-19-51-99(89)111-75-83(64-65-103(110)111)82-42-29-46-94(72-82)118(68-33-44-80(9-2)100-57-32-58-107-105-55-24-26-60-113(105)120-115(100)107)78(4)34-12-13-36-85-69-86-37-14-17-48-96(86)101-52-21-20-50-97(85)101/h8-43,45-77,80H,1-5,44H2,6-7H3/b34-12-,35-11-,36-13+,40-28+,67-66-,68-33+,93-45+. The van der Waals surface area contributed by atoms with E-state index in [1.807, 2.05) is 47.8 Å². The molecule has 17 aromatic carbocycles. The Morgan fingerprint density at radius 3 is 1.77 bits per heavy atom. The van der Waals surface area contributed by atoms with Crippen molar-refractivity contribution in [2.75, 3.05) is 9.80 Å². The number of allylic oxidation sites excluding steroid dienone is 12. The molecule has 3 nitrogen and oxygen atoms in total. The van der Waals surface area contributed by atoms with E-state index in [4.69, 9.17) is 17.6 Å². The van der Waals surface area contributed by atoms with Gasteiger partial charge in [-0.1, -0.05) is 350 Å². The van der Waals surface area contributed by atoms with Gasteiger partial charge in [0.05, 0.1) is 0 Å². The van der Waals surface area contributed by atoms with Gasteiger partial charge in [0.15, 0.2) is 0 Å². The second kappa shape index (κ2) is 32.9. The van der Waals surface area contributed by atoms with Crippen LogP contribution < -0.4 is 9.80 Å². The molecular weight excluding hydrogens is 1480 g/mol. The molecule has 578 valence electrons. The van der Waals surface area contributed by atoms with E-state index < -0.39 is 0 Å². The molecule has 0 aliphatic heterocycles. The Balaban J connectivity index is 0.657. The summed E-state index contributed by atoms with van der Waals surface area (Å²) in [6.45, 7) is 27.2. The Morgan fingerprint density at radius 2 is 0.992 bits per heavy atom. The third kappa shape index (κ3) is 14.7. The average molecular weight is 1570 g/mol. The van der Waals surface area contributed by atoms with Crippen molar-refractivity contribution in [2.24, 2.45) is 0 Å². The number of nitrogens with zero attached hydrogens (tertiary/aromatic N) is 2. The highest BCUT2D eigenvalue weighted by atomic mass is 32.1. The lowest BCUT2D eigenvalue weighted by atomic mass is 9.80. The van der Waals surface area contributed by atoms with Crippen LogP contribution in [-0.2, 0) is 5.41 Å². The highest BCUT2D eigenvalue weighted by Crippen LogP contribution is 2.45. The minimum absolute atomic E-state index is 0.0126. The number of thiophene rings is 1. The molecule has 19 rings (SSSR count). The van der Waals surface area contributed by atoms with Gasteiger partial charge in [-0.3, -0.25) is 0 Å². The molecule has 121 heavy (non-hydrogen) atoms. The highest BCUT2D eigenvalue weighted by Gasteiger charge is 2.25. The van der Waals surface area contributed by atoms with Crippen LogP contribution in [0, 0.1) is 0 Å². The Labute approximate surface area is 711 Å². The third-order valence-corrected chi connectivity index (χ3v) is 25.1. The summed E-state index contributed by atoms with van der Waals surface area (Å²) in [6, 6.07) is 117. The third-order valence-electron chi connectivity index (χ3n) is 23.9. The van der Waals surface area contributed by atoms with Crippen molar-refractivity contribution in [1.29, 1.82) is 0 Å². The van der Waals surface area contributed by atoms with Crippen LogP contribution in [0.25, 0.3) is 169 Å². The van der Waals surface area contributed by atoms with E-state index in [0.29, 0.717) is 6.42 Å². The molecule has 2 heterocycles. The summed E-state index contributed by atoms with van der Waals surface area (Å²) in [4.78, 5) is 4.43. The number of rotatable bonds is 24. The van der Waals surface area contributed by atoms with E-state index in [-0.39, 0.29) is 11.3 Å². The van der Waals surface area contributed by atoms with Crippen LogP contribution in [0.1, 0.15) is 54.0 Å².